The van der Waals surface area contributed by atoms with Gasteiger partial charge in [0.1, 0.15) is 0 Å². The molecule has 1 amide bonds. The van der Waals surface area contributed by atoms with Crippen LogP contribution in [0, 0.1) is 17.3 Å². The minimum absolute atomic E-state index is 0.00612. The van der Waals surface area contributed by atoms with Crippen LogP contribution in [0.2, 0.25) is 0 Å². The summed E-state index contributed by atoms with van der Waals surface area (Å²) in [5.74, 6) is 6.90. The number of carbonyl (C=O) groups excluding carboxylic acids is 1. The third-order valence-corrected chi connectivity index (χ3v) is 6.81. The average Bonchev–Trinajstić information content (AvgIpc) is 2.81. The number of carbonyl (C=O) groups is 1. The number of nitrogens with zero attached hydrogens (tertiary/aromatic N) is 2. The zero-order valence-electron chi connectivity index (χ0n) is 25.9. The normalized spacial score (nSPS) is 17.4. The van der Waals surface area contributed by atoms with Crippen LogP contribution in [0.1, 0.15) is 101 Å². The maximum atomic E-state index is 12.0. The number of hydrogen-bond acceptors (Lipinski definition) is 4. The molecular formula is C32H54N2O3. The second kappa shape index (κ2) is 16.0. The van der Waals surface area contributed by atoms with Gasteiger partial charge in [-0.1, -0.05) is 31.3 Å². The van der Waals surface area contributed by atoms with Crippen molar-refractivity contribution in [1.29, 1.82) is 0 Å². The molecule has 0 saturated carbocycles. The van der Waals surface area contributed by atoms with E-state index in [2.05, 4.69) is 58.4 Å². The number of anilines is 1. The Kier molecular flexibility index (Phi) is 15.1. The number of benzene rings is 1. The summed E-state index contributed by atoms with van der Waals surface area (Å²) in [5.41, 5.74) is 2.57. The first kappa shape index (κ1) is 34.9. The van der Waals surface area contributed by atoms with E-state index in [1.807, 2.05) is 58.2 Å². The molecule has 0 spiro atoms. The Labute approximate surface area is 228 Å². The smallest absolute Gasteiger partial charge is 0.227 e. The van der Waals surface area contributed by atoms with Gasteiger partial charge >= 0.3 is 0 Å². The highest BCUT2D eigenvalue weighted by molar-refractivity contribution is 5.93. The number of hydrogen-bond donors (Lipinski definition) is 1. The highest BCUT2D eigenvalue weighted by atomic mass is 16.5. The lowest BCUT2D eigenvalue weighted by molar-refractivity contribution is -0.116. The van der Waals surface area contributed by atoms with Crippen LogP contribution in [-0.2, 0) is 9.53 Å². The van der Waals surface area contributed by atoms with E-state index in [4.69, 9.17) is 9.84 Å². The lowest BCUT2D eigenvalue weighted by atomic mass is 9.73. The first-order valence-corrected chi connectivity index (χ1v) is 13.7. The first-order valence-electron chi connectivity index (χ1n) is 13.7. The molecule has 1 aliphatic rings. The number of aliphatic hydroxyl groups excluding tert-OH is 1. The van der Waals surface area contributed by atoms with Crippen molar-refractivity contribution in [1.82, 2.24) is 4.90 Å². The van der Waals surface area contributed by atoms with Crippen LogP contribution in [0.4, 0.5) is 5.69 Å². The van der Waals surface area contributed by atoms with Gasteiger partial charge in [-0.05, 0) is 106 Å². The van der Waals surface area contributed by atoms with E-state index in [0.29, 0.717) is 12.1 Å². The molecule has 210 valence electrons. The Bertz CT molecular complexity index is 897. The maximum absolute atomic E-state index is 12.0. The molecule has 1 aromatic carbocycles. The van der Waals surface area contributed by atoms with Crippen LogP contribution in [0.25, 0.3) is 0 Å². The van der Waals surface area contributed by atoms with Crippen molar-refractivity contribution < 1.29 is 14.6 Å². The summed E-state index contributed by atoms with van der Waals surface area (Å²) < 4.78 is 5.74. The largest absolute Gasteiger partial charge is 0.394 e. The number of amides is 1. The summed E-state index contributed by atoms with van der Waals surface area (Å²) in [7, 11) is 2.22. The van der Waals surface area contributed by atoms with E-state index in [1.54, 1.807) is 25.7 Å². The second-order valence-electron chi connectivity index (χ2n) is 11.1. The number of allylic oxidation sites excluding steroid dienone is 1. The van der Waals surface area contributed by atoms with Gasteiger partial charge in [-0.15, -0.1) is 0 Å². The molecule has 1 saturated heterocycles. The minimum atomic E-state index is -0.213. The maximum Gasteiger partial charge on any atom is 0.227 e. The third-order valence-electron chi connectivity index (χ3n) is 6.81. The molecule has 2 atom stereocenters. The number of rotatable bonds is 5. The van der Waals surface area contributed by atoms with E-state index < -0.39 is 0 Å². The van der Waals surface area contributed by atoms with Gasteiger partial charge in [0.2, 0.25) is 5.91 Å². The van der Waals surface area contributed by atoms with E-state index in [0.717, 1.165) is 36.3 Å². The van der Waals surface area contributed by atoms with Crippen LogP contribution in [0.3, 0.4) is 0 Å². The van der Waals surface area contributed by atoms with Crippen LogP contribution < -0.4 is 4.90 Å². The summed E-state index contributed by atoms with van der Waals surface area (Å²) in [6.45, 7) is 25.0. The SMILES string of the molecule is CC.CC(=O)N(C=C(C)C)c1ccc(C#CC(C)(C)C(C)(C)N(C)C2CCOC(C)C2)cc1.CC(C)O. The predicted octanol–water partition coefficient (Wildman–Crippen LogP) is 7.03. The molecular weight excluding hydrogens is 460 g/mol. The monoisotopic (exact) mass is 514 g/mol. The molecule has 1 heterocycles. The molecule has 0 bridgehead atoms. The van der Waals surface area contributed by atoms with Crippen molar-refractivity contribution in [2.45, 2.75) is 120 Å². The fourth-order valence-electron chi connectivity index (χ4n) is 3.92. The lowest BCUT2D eigenvalue weighted by Gasteiger charge is -2.50. The summed E-state index contributed by atoms with van der Waals surface area (Å²) >= 11 is 0. The molecule has 0 radical (unpaired) electrons. The van der Waals surface area contributed by atoms with Gasteiger partial charge in [-0.2, -0.15) is 0 Å². The minimum Gasteiger partial charge on any atom is -0.394 e. The van der Waals surface area contributed by atoms with E-state index in [-0.39, 0.29) is 23.0 Å². The van der Waals surface area contributed by atoms with Crippen LogP contribution in [0.5, 0.6) is 0 Å². The summed E-state index contributed by atoms with van der Waals surface area (Å²) in [6.07, 6.45) is 4.13. The summed E-state index contributed by atoms with van der Waals surface area (Å²) in [5, 5.41) is 8.06. The molecule has 37 heavy (non-hydrogen) atoms. The fourth-order valence-corrected chi connectivity index (χ4v) is 3.92. The van der Waals surface area contributed by atoms with Crippen molar-refractivity contribution >= 4 is 11.6 Å². The standard InChI is InChI=1S/C27H40N2O2.C3H8O.C2H6/c1-20(2)19-29(22(4)30)24-12-10-23(11-13-24)14-16-26(5,6)27(7,8)28(9)25-15-17-31-21(3)18-25;1-3(2)4;1-2/h10-13,19,21,25H,15,17-18H2,1-9H3;3-4H,1-2H3;1-2H3. The average molecular weight is 515 g/mol. The van der Waals surface area contributed by atoms with Gasteiger partial charge in [0.25, 0.3) is 0 Å². The van der Waals surface area contributed by atoms with Gasteiger partial charge in [0.15, 0.2) is 0 Å². The van der Waals surface area contributed by atoms with Crippen LogP contribution >= 0.6 is 0 Å². The van der Waals surface area contributed by atoms with E-state index >= 15 is 0 Å². The molecule has 2 rings (SSSR count). The quantitative estimate of drug-likeness (QED) is 0.429. The molecule has 0 aromatic heterocycles. The topological polar surface area (TPSA) is 53.0 Å². The lowest BCUT2D eigenvalue weighted by Crippen LogP contribution is -2.57. The molecule has 1 fully saturated rings. The van der Waals surface area contributed by atoms with E-state index in [9.17, 15) is 4.79 Å². The molecule has 1 N–H and O–H groups in total. The van der Waals surface area contributed by atoms with Crippen molar-refractivity contribution in [3.05, 3.63) is 41.6 Å². The Balaban J connectivity index is 0.00000196. The second-order valence-corrected chi connectivity index (χ2v) is 11.1. The Morgan fingerprint density at radius 1 is 1.11 bits per heavy atom. The summed E-state index contributed by atoms with van der Waals surface area (Å²) in [4.78, 5) is 16.2. The molecule has 2 unspecified atom stereocenters. The van der Waals surface area contributed by atoms with Gasteiger partial charge in [-0.3, -0.25) is 14.6 Å². The highest BCUT2D eigenvalue weighted by Gasteiger charge is 2.42. The van der Waals surface area contributed by atoms with Crippen molar-refractivity contribution in [2.75, 3.05) is 18.6 Å². The third kappa shape index (κ3) is 11.4. The molecule has 1 aliphatic heterocycles. The number of aliphatic hydroxyl groups is 1. The first-order chi connectivity index (χ1) is 17.1. The van der Waals surface area contributed by atoms with Gasteiger partial charge in [0.05, 0.1) is 6.10 Å². The highest BCUT2D eigenvalue weighted by Crippen LogP contribution is 2.37. The van der Waals surface area contributed by atoms with Gasteiger partial charge in [0, 0.05) is 54.1 Å². The molecule has 1 aromatic rings. The van der Waals surface area contributed by atoms with Gasteiger partial charge in [-0.25, -0.2) is 0 Å². The zero-order valence-corrected chi connectivity index (χ0v) is 25.9. The van der Waals surface area contributed by atoms with Crippen LogP contribution in [-0.4, -0.2) is 53.4 Å². The molecule has 5 heteroatoms. The van der Waals surface area contributed by atoms with E-state index in [1.165, 1.54) is 0 Å². The molecule has 0 aliphatic carbocycles. The van der Waals surface area contributed by atoms with Gasteiger partial charge < -0.3 is 9.84 Å². The van der Waals surface area contributed by atoms with Crippen molar-refractivity contribution in [3.63, 3.8) is 0 Å². The molecule has 5 nitrogen and oxygen atoms in total. The Hall–Kier alpha value is -2.13. The summed E-state index contributed by atoms with van der Waals surface area (Å²) in [6, 6.07) is 8.40. The Morgan fingerprint density at radius 3 is 2.05 bits per heavy atom. The Morgan fingerprint density at radius 2 is 1.62 bits per heavy atom. The fraction of sp³-hybridized carbons (Fsp3) is 0.656. The number of ether oxygens (including phenoxy) is 1. The zero-order chi connectivity index (χ0) is 29.0. The van der Waals surface area contributed by atoms with Crippen molar-refractivity contribution in [2.24, 2.45) is 5.41 Å². The predicted molar refractivity (Wildman–Crippen MR) is 159 cm³/mol. The van der Waals surface area contributed by atoms with Crippen LogP contribution in [0.15, 0.2) is 36.0 Å². The van der Waals surface area contributed by atoms with Crippen molar-refractivity contribution in [3.8, 4) is 11.8 Å².